The van der Waals surface area contributed by atoms with Gasteiger partial charge in [0.05, 0.1) is 0 Å². The number of hydrogen-bond acceptors (Lipinski definition) is 3. The molecule has 4 heteroatoms. The number of aryl methyl sites for hydroxylation is 1. The minimum absolute atomic E-state index is 0.806. The highest BCUT2D eigenvalue weighted by molar-refractivity contribution is 7.18. The van der Waals surface area contributed by atoms with Crippen LogP contribution in [0.4, 0.5) is 0 Å². The zero-order valence-electron chi connectivity index (χ0n) is 9.81. The Kier molecular flexibility index (Phi) is 3.34. The molecule has 3 nitrogen and oxygen atoms in total. The molecule has 1 atom stereocenters. The van der Waals surface area contributed by atoms with Crippen LogP contribution >= 0.6 is 9.24 Å². The highest BCUT2D eigenvalue weighted by Gasteiger charge is 2.20. The van der Waals surface area contributed by atoms with Crippen LogP contribution in [0.5, 0.6) is 0 Å². The summed E-state index contributed by atoms with van der Waals surface area (Å²) in [7, 11) is 2.45. The molecule has 1 unspecified atom stereocenters. The van der Waals surface area contributed by atoms with Crippen molar-refractivity contribution in [2.75, 3.05) is 0 Å². The molecule has 1 aromatic heterocycles. The Balaban J connectivity index is 2.52. The van der Waals surface area contributed by atoms with Crippen LogP contribution in [0.1, 0.15) is 18.2 Å². The van der Waals surface area contributed by atoms with Gasteiger partial charge in [-0.1, -0.05) is 40.4 Å². The highest BCUT2D eigenvalue weighted by atomic mass is 31.0. The van der Waals surface area contributed by atoms with E-state index in [9.17, 15) is 0 Å². The van der Waals surface area contributed by atoms with E-state index < -0.39 is 5.40 Å². The van der Waals surface area contributed by atoms with Crippen molar-refractivity contribution in [2.45, 2.75) is 18.7 Å². The maximum atomic E-state index is 5.93. The van der Waals surface area contributed by atoms with Crippen LogP contribution in [0.2, 0.25) is 0 Å². The quantitative estimate of drug-likeness (QED) is 0.647. The Hall–Kier alpha value is -1.15. The molecule has 2 rings (SSSR count). The molecule has 0 aliphatic carbocycles. The van der Waals surface area contributed by atoms with Crippen LogP contribution in [0, 0.1) is 0 Å². The van der Waals surface area contributed by atoms with Crippen molar-refractivity contribution >= 4 is 9.24 Å². The van der Waals surface area contributed by atoms with Gasteiger partial charge in [-0.3, -0.25) is 0 Å². The van der Waals surface area contributed by atoms with Gasteiger partial charge in [-0.05, 0) is 12.1 Å². The summed E-state index contributed by atoms with van der Waals surface area (Å²) in [6.45, 7) is 2.06. The average molecular weight is 248 g/mol. The largest absolute Gasteiger partial charge is 0.461 e. The van der Waals surface area contributed by atoms with Crippen LogP contribution in [-0.4, -0.2) is 0 Å². The van der Waals surface area contributed by atoms with Gasteiger partial charge >= 0.3 is 0 Å². The van der Waals surface area contributed by atoms with Gasteiger partial charge in [-0.25, -0.2) is 0 Å². The van der Waals surface area contributed by atoms with Gasteiger partial charge in [-0.2, -0.15) is 0 Å². The third kappa shape index (κ3) is 2.58. The van der Waals surface area contributed by atoms with E-state index in [0.717, 1.165) is 29.1 Å². The predicted octanol–water partition coefficient (Wildman–Crippen LogP) is 2.41. The fourth-order valence-corrected chi connectivity index (χ4v) is 2.04. The fraction of sp³-hybridized carbons (Fsp3) is 0.231. The molecule has 0 saturated carbocycles. The first-order valence-corrected chi connectivity index (χ1v) is 6.15. The number of hydrogen-bond donors (Lipinski definition) is 2. The third-order valence-corrected chi connectivity index (χ3v) is 2.98. The standard InChI is InChI=1S/C13H17N2OP/c1-2-9-7-8-12(16-9)10-5-3-4-6-11(10)13(14,15)17/h3-8H,2,14-15,17H2,1H3. The number of furan rings is 1. The molecule has 1 heterocycles. The lowest BCUT2D eigenvalue weighted by Crippen LogP contribution is -2.39. The van der Waals surface area contributed by atoms with E-state index >= 15 is 0 Å². The van der Waals surface area contributed by atoms with Crippen molar-refractivity contribution in [3.63, 3.8) is 0 Å². The molecule has 4 N–H and O–H groups in total. The van der Waals surface area contributed by atoms with Gasteiger partial charge < -0.3 is 15.9 Å². The normalized spacial score (nSPS) is 11.8. The van der Waals surface area contributed by atoms with Gasteiger partial charge in [0.1, 0.15) is 16.9 Å². The second-order valence-corrected chi connectivity index (χ2v) is 5.05. The van der Waals surface area contributed by atoms with Crippen molar-refractivity contribution in [2.24, 2.45) is 11.5 Å². The second-order valence-electron chi connectivity index (χ2n) is 4.10. The Labute approximate surface area is 103 Å². The highest BCUT2D eigenvalue weighted by Crippen LogP contribution is 2.32. The molecule has 0 bridgehead atoms. The molecular weight excluding hydrogens is 231 g/mol. The Bertz CT molecular complexity index is 514. The minimum atomic E-state index is -0.949. The summed E-state index contributed by atoms with van der Waals surface area (Å²) >= 11 is 0. The lowest BCUT2D eigenvalue weighted by molar-refractivity contribution is 0.527. The summed E-state index contributed by atoms with van der Waals surface area (Å²) in [5, 5.41) is -0.949. The Morgan fingerprint density at radius 2 is 1.88 bits per heavy atom. The predicted molar refractivity (Wildman–Crippen MR) is 73.3 cm³/mol. The Morgan fingerprint density at radius 3 is 2.47 bits per heavy atom. The van der Waals surface area contributed by atoms with Crippen LogP contribution in [0.3, 0.4) is 0 Å². The van der Waals surface area contributed by atoms with E-state index in [4.69, 9.17) is 15.9 Å². The third-order valence-electron chi connectivity index (χ3n) is 2.67. The van der Waals surface area contributed by atoms with Gasteiger partial charge in [0, 0.05) is 17.5 Å². The van der Waals surface area contributed by atoms with Crippen LogP contribution in [0.25, 0.3) is 11.3 Å². The zero-order valence-corrected chi connectivity index (χ0v) is 11.0. The fourth-order valence-electron chi connectivity index (χ4n) is 1.79. The van der Waals surface area contributed by atoms with Gasteiger partial charge in [-0.15, -0.1) is 0 Å². The average Bonchev–Trinajstić information content (AvgIpc) is 2.76. The maximum Gasteiger partial charge on any atom is 0.134 e. The van der Waals surface area contributed by atoms with Crippen molar-refractivity contribution < 1.29 is 4.42 Å². The first kappa shape index (κ1) is 12.3. The van der Waals surface area contributed by atoms with Crippen molar-refractivity contribution in [3.05, 3.63) is 47.7 Å². The van der Waals surface area contributed by atoms with Crippen molar-refractivity contribution in [1.82, 2.24) is 0 Å². The number of nitrogens with two attached hydrogens (primary N) is 2. The molecule has 17 heavy (non-hydrogen) atoms. The topological polar surface area (TPSA) is 65.2 Å². The summed E-state index contributed by atoms with van der Waals surface area (Å²) in [5.41, 5.74) is 13.7. The van der Waals surface area contributed by atoms with Crippen LogP contribution in [-0.2, 0) is 11.8 Å². The molecule has 0 aliphatic heterocycles. The molecule has 2 aromatic rings. The lowest BCUT2D eigenvalue weighted by Gasteiger charge is -2.21. The summed E-state index contributed by atoms with van der Waals surface area (Å²) in [6.07, 6.45) is 0.874. The van der Waals surface area contributed by atoms with Gasteiger partial charge in [0.25, 0.3) is 0 Å². The molecule has 1 aromatic carbocycles. The van der Waals surface area contributed by atoms with E-state index in [2.05, 4.69) is 16.2 Å². The lowest BCUT2D eigenvalue weighted by atomic mass is 10.0. The molecule has 90 valence electrons. The summed E-state index contributed by atoms with van der Waals surface area (Å²) < 4.78 is 5.73. The van der Waals surface area contributed by atoms with E-state index in [-0.39, 0.29) is 0 Å². The van der Waals surface area contributed by atoms with E-state index in [1.807, 2.05) is 36.4 Å². The first-order valence-electron chi connectivity index (χ1n) is 5.57. The molecule has 0 spiro atoms. The van der Waals surface area contributed by atoms with E-state index in [1.165, 1.54) is 0 Å². The first-order chi connectivity index (χ1) is 8.02. The van der Waals surface area contributed by atoms with Gasteiger partial charge in [0.15, 0.2) is 0 Å². The van der Waals surface area contributed by atoms with Crippen LogP contribution in [0.15, 0.2) is 40.8 Å². The monoisotopic (exact) mass is 248 g/mol. The summed E-state index contributed by atoms with van der Waals surface area (Å²) in [4.78, 5) is 0. The maximum absolute atomic E-state index is 5.93. The Morgan fingerprint density at radius 1 is 1.18 bits per heavy atom. The number of rotatable bonds is 3. The number of benzene rings is 1. The zero-order chi connectivity index (χ0) is 12.5. The van der Waals surface area contributed by atoms with Crippen molar-refractivity contribution in [3.8, 4) is 11.3 Å². The smallest absolute Gasteiger partial charge is 0.134 e. The summed E-state index contributed by atoms with van der Waals surface area (Å²) in [6, 6.07) is 11.7. The van der Waals surface area contributed by atoms with Gasteiger partial charge in [0.2, 0.25) is 0 Å². The van der Waals surface area contributed by atoms with E-state index in [1.54, 1.807) is 0 Å². The summed E-state index contributed by atoms with van der Waals surface area (Å²) in [5.74, 6) is 1.76. The molecule has 0 aliphatic rings. The SMILES string of the molecule is CCc1ccc(-c2ccccc2C(N)(N)P)o1. The van der Waals surface area contributed by atoms with Crippen LogP contribution < -0.4 is 11.5 Å². The second kappa shape index (κ2) is 4.61. The molecule has 0 amide bonds. The molecule has 0 saturated heterocycles. The van der Waals surface area contributed by atoms with E-state index in [0.29, 0.717) is 0 Å². The molecular formula is C13H17N2OP. The van der Waals surface area contributed by atoms with Crippen molar-refractivity contribution in [1.29, 1.82) is 0 Å². The minimum Gasteiger partial charge on any atom is -0.461 e. The molecule has 0 radical (unpaired) electrons. The molecule has 0 fully saturated rings.